The van der Waals surface area contributed by atoms with Gasteiger partial charge in [0, 0.05) is 45.0 Å². The summed E-state index contributed by atoms with van der Waals surface area (Å²) >= 11 is 0. The Hall–Kier alpha value is -3.54. The average Bonchev–Trinajstić information content (AvgIpc) is 2.76. The van der Waals surface area contributed by atoms with Gasteiger partial charge in [-0.25, -0.2) is 0 Å². The molecule has 168 valence electrons. The molecule has 1 aliphatic heterocycles. The molecule has 0 saturated carbocycles. The zero-order valence-electron chi connectivity index (χ0n) is 18.0. The number of likely N-dealkylation sites (N-methyl/N-ethyl adjacent to an activating group) is 1. The number of alkyl halides is 3. The second-order valence-electron chi connectivity index (χ2n) is 7.90. The van der Waals surface area contributed by atoms with E-state index in [2.05, 4.69) is 0 Å². The second-order valence-corrected chi connectivity index (χ2v) is 7.90. The van der Waals surface area contributed by atoms with Crippen molar-refractivity contribution in [2.24, 2.45) is 0 Å². The zero-order chi connectivity index (χ0) is 23.6. The van der Waals surface area contributed by atoms with Crippen LogP contribution < -0.4 is 4.90 Å². The molecular weight excluding hydrogens is 421 g/mol. The quantitative estimate of drug-likeness (QED) is 0.729. The third-order valence-corrected chi connectivity index (χ3v) is 5.43. The Balaban J connectivity index is 1.94. The minimum absolute atomic E-state index is 0.0395. The maximum absolute atomic E-state index is 13.4. The molecule has 0 aliphatic carbocycles. The Labute approximate surface area is 184 Å². The number of aryl methyl sites for hydroxylation is 1. The van der Waals surface area contributed by atoms with Gasteiger partial charge in [0.2, 0.25) is 5.91 Å². The number of nitriles is 1. The monoisotopic (exact) mass is 444 g/mol. The van der Waals surface area contributed by atoms with Crippen molar-refractivity contribution in [1.82, 2.24) is 9.80 Å². The Kier molecular flexibility index (Phi) is 6.44. The number of halogens is 3. The van der Waals surface area contributed by atoms with E-state index in [-0.39, 0.29) is 37.1 Å². The molecule has 0 bridgehead atoms. The number of hydrogen-bond acceptors (Lipinski definition) is 4. The van der Waals surface area contributed by atoms with Gasteiger partial charge in [-0.1, -0.05) is 17.7 Å². The number of benzene rings is 2. The van der Waals surface area contributed by atoms with E-state index < -0.39 is 23.3 Å². The number of carbonyl (C=O) groups excluding carboxylic acids is 2. The number of piperazine rings is 1. The van der Waals surface area contributed by atoms with E-state index in [1.807, 2.05) is 13.0 Å². The van der Waals surface area contributed by atoms with E-state index in [0.717, 1.165) is 17.7 Å². The van der Waals surface area contributed by atoms with Crippen molar-refractivity contribution in [2.75, 3.05) is 38.6 Å². The van der Waals surface area contributed by atoms with Crippen molar-refractivity contribution in [3.63, 3.8) is 0 Å². The molecule has 2 amide bonds. The summed E-state index contributed by atoms with van der Waals surface area (Å²) in [5.74, 6) is -0.621. The summed E-state index contributed by atoms with van der Waals surface area (Å²) in [6.07, 6.45) is -4.68. The fraction of sp³-hybridized carbons (Fsp3) is 0.348. The standard InChI is InChI=1S/C23H23F3N4O2/c1-15-5-4-6-16(11-15)21(31)30-10-9-29(14-20(30)22(32)28(2)3)18-8-7-17(13-27)19(12-18)23(24,25)26/h4-8,11-12,20H,9-10,14H2,1-3H3. The predicted octanol–water partition coefficient (Wildman–Crippen LogP) is 3.30. The zero-order valence-corrected chi connectivity index (χ0v) is 18.0. The maximum Gasteiger partial charge on any atom is 0.417 e. The number of carbonyl (C=O) groups is 2. The van der Waals surface area contributed by atoms with Crippen molar-refractivity contribution in [3.8, 4) is 6.07 Å². The Morgan fingerprint density at radius 2 is 1.84 bits per heavy atom. The molecule has 6 nitrogen and oxygen atoms in total. The molecule has 2 aromatic rings. The van der Waals surface area contributed by atoms with Crippen molar-refractivity contribution < 1.29 is 22.8 Å². The summed E-state index contributed by atoms with van der Waals surface area (Å²) in [5.41, 5.74) is 0.118. The summed E-state index contributed by atoms with van der Waals surface area (Å²) in [7, 11) is 3.14. The lowest BCUT2D eigenvalue weighted by atomic mass is 10.0. The lowest BCUT2D eigenvalue weighted by Crippen LogP contribution is -2.60. The molecule has 0 N–H and O–H groups in total. The minimum Gasteiger partial charge on any atom is -0.367 e. The predicted molar refractivity (Wildman–Crippen MR) is 113 cm³/mol. The Bertz CT molecular complexity index is 1080. The largest absolute Gasteiger partial charge is 0.417 e. The highest BCUT2D eigenvalue weighted by atomic mass is 19.4. The van der Waals surface area contributed by atoms with Crippen molar-refractivity contribution in [3.05, 3.63) is 64.7 Å². The first-order valence-corrected chi connectivity index (χ1v) is 9.98. The van der Waals surface area contributed by atoms with Crippen LogP contribution in [0.1, 0.15) is 27.0 Å². The van der Waals surface area contributed by atoms with Gasteiger partial charge < -0.3 is 14.7 Å². The van der Waals surface area contributed by atoms with Crippen LogP contribution in [0, 0.1) is 18.3 Å². The Morgan fingerprint density at radius 3 is 2.44 bits per heavy atom. The second kappa shape index (κ2) is 8.91. The van der Waals surface area contributed by atoms with Crippen LogP contribution in [0.5, 0.6) is 0 Å². The summed E-state index contributed by atoms with van der Waals surface area (Å²) < 4.78 is 40.2. The smallest absolute Gasteiger partial charge is 0.367 e. The molecular formula is C23H23F3N4O2. The van der Waals surface area contributed by atoms with E-state index in [1.54, 1.807) is 43.3 Å². The first kappa shape index (κ1) is 23.1. The molecule has 1 fully saturated rings. The van der Waals surface area contributed by atoms with Gasteiger partial charge in [-0.15, -0.1) is 0 Å². The van der Waals surface area contributed by atoms with E-state index in [0.29, 0.717) is 5.56 Å². The first-order chi connectivity index (χ1) is 15.0. The molecule has 0 radical (unpaired) electrons. The lowest BCUT2D eigenvalue weighted by molar-refractivity contribution is -0.138. The number of anilines is 1. The molecule has 0 spiro atoms. The van der Waals surface area contributed by atoms with Crippen LogP contribution >= 0.6 is 0 Å². The van der Waals surface area contributed by atoms with Crippen molar-refractivity contribution >= 4 is 17.5 Å². The van der Waals surface area contributed by atoms with Gasteiger partial charge in [0.15, 0.2) is 0 Å². The highest BCUT2D eigenvalue weighted by Crippen LogP contribution is 2.35. The molecule has 2 aromatic carbocycles. The molecule has 1 saturated heterocycles. The van der Waals surface area contributed by atoms with Crippen LogP contribution in [0.15, 0.2) is 42.5 Å². The third kappa shape index (κ3) is 4.69. The molecule has 1 unspecified atom stereocenters. The molecule has 32 heavy (non-hydrogen) atoms. The van der Waals surface area contributed by atoms with E-state index >= 15 is 0 Å². The first-order valence-electron chi connectivity index (χ1n) is 9.98. The number of rotatable bonds is 3. The molecule has 1 aliphatic rings. The van der Waals surface area contributed by atoms with E-state index in [9.17, 15) is 22.8 Å². The third-order valence-electron chi connectivity index (χ3n) is 5.43. The molecule has 9 heteroatoms. The van der Waals surface area contributed by atoms with E-state index in [4.69, 9.17) is 5.26 Å². The minimum atomic E-state index is -4.68. The topological polar surface area (TPSA) is 67.6 Å². The summed E-state index contributed by atoms with van der Waals surface area (Å²) in [4.78, 5) is 30.5. The lowest BCUT2D eigenvalue weighted by Gasteiger charge is -2.42. The van der Waals surface area contributed by atoms with Gasteiger partial charge in [-0.05, 0) is 37.3 Å². The number of nitrogens with zero attached hydrogens (tertiary/aromatic N) is 4. The summed E-state index contributed by atoms with van der Waals surface area (Å²) in [5, 5.41) is 9.02. The molecule has 0 aromatic heterocycles. The van der Waals surface area contributed by atoms with Crippen LogP contribution in [0.3, 0.4) is 0 Å². The van der Waals surface area contributed by atoms with Crippen LogP contribution in [0.2, 0.25) is 0 Å². The summed E-state index contributed by atoms with van der Waals surface area (Å²) in [6, 6.07) is 11.2. The normalized spacial score (nSPS) is 16.5. The van der Waals surface area contributed by atoms with Gasteiger partial charge >= 0.3 is 6.18 Å². The van der Waals surface area contributed by atoms with E-state index in [1.165, 1.54) is 15.9 Å². The summed E-state index contributed by atoms with van der Waals surface area (Å²) in [6.45, 7) is 2.31. The van der Waals surface area contributed by atoms with Gasteiger partial charge in [-0.3, -0.25) is 9.59 Å². The SMILES string of the molecule is Cc1cccc(C(=O)N2CCN(c3ccc(C#N)c(C(F)(F)F)c3)CC2C(=O)N(C)C)c1. The van der Waals surface area contributed by atoms with Crippen molar-refractivity contribution in [1.29, 1.82) is 5.26 Å². The molecule has 1 atom stereocenters. The number of amides is 2. The highest BCUT2D eigenvalue weighted by Gasteiger charge is 2.38. The molecule has 3 rings (SSSR count). The van der Waals surface area contributed by atoms with Crippen LogP contribution in [0.25, 0.3) is 0 Å². The van der Waals surface area contributed by atoms with Crippen LogP contribution in [-0.4, -0.2) is 61.4 Å². The van der Waals surface area contributed by atoms with Crippen LogP contribution in [0.4, 0.5) is 18.9 Å². The van der Waals surface area contributed by atoms with Gasteiger partial charge in [0.05, 0.1) is 17.2 Å². The average molecular weight is 444 g/mol. The maximum atomic E-state index is 13.4. The number of hydrogen-bond donors (Lipinski definition) is 0. The fourth-order valence-corrected chi connectivity index (χ4v) is 3.77. The van der Waals surface area contributed by atoms with Gasteiger partial charge in [0.25, 0.3) is 5.91 Å². The Morgan fingerprint density at radius 1 is 1.12 bits per heavy atom. The van der Waals surface area contributed by atoms with Crippen molar-refractivity contribution in [2.45, 2.75) is 19.1 Å². The molecule has 1 heterocycles. The van der Waals surface area contributed by atoms with Gasteiger partial charge in [-0.2, -0.15) is 18.4 Å². The fourth-order valence-electron chi connectivity index (χ4n) is 3.77. The van der Waals surface area contributed by atoms with Gasteiger partial charge in [0.1, 0.15) is 6.04 Å². The van der Waals surface area contributed by atoms with Crippen LogP contribution in [-0.2, 0) is 11.0 Å². The highest BCUT2D eigenvalue weighted by molar-refractivity contribution is 5.98.